The molecular formula is C8H13N5Y. The summed E-state index contributed by atoms with van der Waals surface area (Å²) in [7, 11) is 1.86. The molecule has 0 saturated carbocycles. The van der Waals surface area contributed by atoms with Gasteiger partial charge in [0.2, 0.25) is 0 Å². The molecule has 2 N–H and O–H groups in total. The van der Waals surface area contributed by atoms with Gasteiger partial charge >= 0.3 is 0 Å². The number of aromatic nitrogens is 4. The molecule has 5 nitrogen and oxygen atoms in total. The van der Waals surface area contributed by atoms with Crippen LogP contribution in [0.3, 0.4) is 0 Å². The van der Waals surface area contributed by atoms with Crippen LogP contribution in [0.1, 0.15) is 13.8 Å². The topological polar surface area (TPSA) is 69.6 Å². The van der Waals surface area contributed by atoms with Crippen LogP contribution in [0.15, 0.2) is 12.7 Å². The average molecular weight is 268 g/mol. The molecule has 0 amide bonds. The van der Waals surface area contributed by atoms with Gasteiger partial charge in [0.25, 0.3) is 0 Å². The standard InChI is InChI=1S/C6H7N5.C2H6.Y/c1-11-3-10-4-5(7)8-2-9-6(4)11;1-2;/h2-3H,1H3,(H2,7,8,9);1-2H3;. The summed E-state index contributed by atoms with van der Waals surface area (Å²) in [6, 6.07) is 0. The van der Waals surface area contributed by atoms with Gasteiger partial charge in [0.05, 0.1) is 6.33 Å². The molecular weight excluding hydrogens is 255 g/mol. The Morgan fingerprint density at radius 3 is 2.43 bits per heavy atom. The Balaban J connectivity index is 0.000000531. The number of nitrogens with two attached hydrogens (primary N) is 1. The molecule has 2 aromatic rings. The van der Waals surface area contributed by atoms with E-state index >= 15 is 0 Å². The molecule has 0 aromatic carbocycles. The Hall–Kier alpha value is -0.546. The van der Waals surface area contributed by atoms with Crippen LogP contribution in [0.4, 0.5) is 5.82 Å². The van der Waals surface area contributed by atoms with Crippen molar-refractivity contribution in [2.75, 3.05) is 5.73 Å². The molecule has 0 atom stereocenters. The number of fused-ring (bicyclic) bond motifs is 1. The number of rotatable bonds is 0. The zero-order chi connectivity index (χ0) is 9.84. The molecule has 73 valence electrons. The normalized spacial score (nSPS) is 8.79. The van der Waals surface area contributed by atoms with Crippen molar-refractivity contribution in [3.63, 3.8) is 0 Å². The molecule has 6 heteroatoms. The van der Waals surface area contributed by atoms with Crippen LogP contribution in [0.2, 0.25) is 0 Å². The summed E-state index contributed by atoms with van der Waals surface area (Å²) in [5.74, 6) is 0.426. The minimum atomic E-state index is 0. The Labute approximate surface area is 108 Å². The fraction of sp³-hybridized carbons (Fsp3) is 0.375. The van der Waals surface area contributed by atoms with E-state index in [0.717, 1.165) is 5.65 Å². The number of aryl methyl sites for hydroxylation is 1. The first-order valence-corrected chi connectivity index (χ1v) is 4.16. The van der Waals surface area contributed by atoms with Crippen molar-refractivity contribution in [3.8, 4) is 0 Å². The SMILES string of the molecule is CC.Cn1cnc2c(N)ncnc21.[Y]. The predicted molar refractivity (Wildman–Crippen MR) is 52.1 cm³/mol. The first-order chi connectivity index (χ1) is 6.29. The van der Waals surface area contributed by atoms with E-state index in [4.69, 9.17) is 5.73 Å². The van der Waals surface area contributed by atoms with Crippen molar-refractivity contribution in [3.05, 3.63) is 12.7 Å². The zero-order valence-electron chi connectivity index (χ0n) is 8.60. The smallest absolute Gasteiger partial charge is 0.165 e. The molecule has 0 unspecified atom stereocenters. The van der Waals surface area contributed by atoms with Gasteiger partial charge in [0.15, 0.2) is 11.5 Å². The van der Waals surface area contributed by atoms with E-state index in [1.807, 2.05) is 20.9 Å². The zero-order valence-corrected chi connectivity index (χ0v) is 11.4. The van der Waals surface area contributed by atoms with Crippen LogP contribution >= 0.6 is 0 Å². The van der Waals surface area contributed by atoms with E-state index in [1.54, 1.807) is 10.9 Å². The van der Waals surface area contributed by atoms with E-state index in [-0.39, 0.29) is 32.7 Å². The fourth-order valence-corrected chi connectivity index (χ4v) is 0.964. The van der Waals surface area contributed by atoms with E-state index < -0.39 is 0 Å². The molecule has 14 heavy (non-hydrogen) atoms. The minimum absolute atomic E-state index is 0. The first-order valence-electron chi connectivity index (χ1n) is 4.16. The predicted octanol–water partition coefficient (Wildman–Crippen LogP) is 0.969. The maximum Gasteiger partial charge on any atom is 0.165 e. The molecule has 0 spiro atoms. The van der Waals surface area contributed by atoms with Crippen LogP contribution in [-0.4, -0.2) is 19.5 Å². The maximum atomic E-state index is 5.54. The number of nitrogen functional groups attached to an aromatic ring is 1. The van der Waals surface area contributed by atoms with Crippen molar-refractivity contribution >= 4 is 17.0 Å². The summed E-state index contributed by atoms with van der Waals surface area (Å²) in [6.45, 7) is 4.00. The Morgan fingerprint density at radius 1 is 1.21 bits per heavy atom. The van der Waals surface area contributed by atoms with Crippen LogP contribution < -0.4 is 5.73 Å². The van der Waals surface area contributed by atoms with Gasteiger partial charge in [-0.3, -0.25) is 0 Å². The molecule has 0 bridgehead atoms. The molecule has 2 aromatic heterocycles. The number of hydrogen-bond acceptors (Lipinski definition) is 4. The maximum absolute atomic E-state index is 5.54. The largest absolute Gasteiger partial charge is 0.382 e. The van der Waals surface area contributed by atoms with E-state index in [9.17, 15) is 0 Å². The molecule has 2 heterocycles. The second kappa shape index (κ2) is 6.03. The summed E-state index contributed by atoms with van der Waals surface area (Å²) >= 11 is 0. The van der Waals surface area contributed by atoms with Crippen LogP contribution in [0.25, 0.3) is 11.2 Å². The molecule has 0 saturated heterocycles. The second-order valence-corrected chi connectivity index (χ2v) is 2.29. The Morgan fingerprint density at radius 2 is 1.86 bits per heavy atom. The van der Waals surface area contributed by atoms with Crippen LogP contribution in [0, 0.1) is 0 Å². The summed E-state index contributed by atoms with van der Waals surface area (Å²) in [5, 5.41) is 0. The molecule has 0 aliphatic heterocycles. The van der Waals surface area contributed by atoms with Gasteiger partial charge in [-0.1, -0.05) is 13.8 Å². The van der Waals surface area contributed by atoms with E-state index in [2.05, 4.69) is 15.0 Å². The monoisotopic (exact) mass is 268 g/mol. The third kappa shape index (κ3) is 2.48. The summed E-state index contributed by atoms with van der Waals surface area (Å²) in [5.41, 5.74) is 6.97. The Kier molecular flexibility index (Phi) is 5.80. The molecule has 2 rings (SSSR count). The van der Waals surface area contributed by atoms with Crippen molar-refractivity contribution in [1.29, 1.82) is 0 Å². The van der Waals surface area contributed by atoms with Gasteiger partial charge in [-0.25, -0.2) is 15.0 Å². The summed E-state index contributed by atoms with van der Waals surface area (Å²) < 4.78 is 1.80. The van der Waals surface area contributed by atoms with Gasteiger partial charge in [-0.2, -0.15) is 0 Å². The average Bonchev–Trinajstić information content (AvgIpc) is 2.53. The number of anilines is 1. The van der Waals surface area contributed by atoms with Gasteiger partial charge in [-0.15, -0.1) is 0 Å². The fourth-order valence-electron chi connectivity index (χ4n) is 0.964. The number of imidazole rings is 1. The van der Waals surface area contributed by atoms with Crippen molar-refractivity contribution in [2.24, 2.45) is 7.05 Å². The Bertz CT molecular complexity index is 398. The summed E-state index contributed by atoms with van der Waals surface area (Å²) in [4.78, 5) is 11.9. The van der Waals surface area contributed by atoms with Gasteiger partial charge < -0.3 is 10.3 Å². The van der Waals surface area contributed by atoms with Crippen molar-refractivity contribution in [2.45, 2.75) is 13.8 Å². The quantitative estimate of drug-likeness (QED) is 0.773. The minimum Gasteiger partial charge on any atom is -0.382 e. The van der Waals surface area contributed by atoms with E-state index in [0.29, 0.717) is 11.3 Å². The first kappa shape index (κ1) is 13.5. The number of hydrogen-bond donors (Lipinski definition) is 1. The molecule has 0 fully saturated rings. The van der Waals surface area contributed by atoms with Crippen LogP contribution in [-0.2, 0) is 39.8 Å². The third-order valence-electron chi connectivity index (χ3n) is 1.53. The van der Waals surface area contributed by atoms with Gasteiger partial charge in [-0.05, 0) is 0 Å². The third-order valence-corrected chi connectivity index (χ3v) is 1.53. The molecule has 0 aliphatic carbocycles. The van der Waals surface area contributed by atoms with E-state index in [1.165, 1.54) is 6.33 Å². The van der Waals surface area contributed by atoms with Crippen molar-refractivity contribution < 1.29 is 32.7 Å². The van der Waals surface area contributed by atoms with Crippen molar-refractivity contribution in [1.82, 2.24) is 19.5 Å². The van der Waals surface area contributed by atoms with Crippen LogP contribution in [0.5, 0.6) is 0 Å². The second-order valence-electron chi connectivity index (χ2n) is 2.29. The molecule has 1 radical (unpaired) electrons. The number of nitrogens with zero attached hydrogens (tertiary/aromatic N) is 4. The summed E-state index contributed by atoms with van der Waals surface area (Å²) in [6.07, 6.45) is 3.09. The van der Waals surface area contributed by atoms with Gasteiger partial charge in [0.1, 0.15) is 11.8 Å². The van der Waals surface area contributed by atoms with Gasteiger partial charge in [0, 0.05) is 39.8 Å². The molecule has 0 aliphatic rings.